The Morgan fingerprint density at radius 1 is 1.23 bits per heavy atom. The zero-order chi connectivity index (χ0) is 20.9. The van der Waals surface area contributed by atoms with E-state index in [1.165, 1.54) is 9.58 Å². The summed E-state index contributed by atoms with van der Waals surface area (Å²) in [6.45, 7) is 0. The van der Waals surface area contributed by atoms with Crippen LogP contribution in [0.2, 0.25) is 0 Å². The number of rotatable bonds is 5. The van der Waals surface area contributed by atoms with Gasteiger partial charge in [0.15, 0.2) is 17.5 Å². The van der Waals surface area contributed by atoms with Crippen LogP contribution in [0.15, 0.2) is 76.3 Å². The second kappa shape index (κ2) is 8.70. The van der Waals surface area contributed by atoms with Crippen LogP contribution in [0, 0.1) is 0 Å². The predicted molar refractivity (Wildman–Crippen MR) is 112 cm³/mol. The van der Waals surface area contributed by atoms with Gasteiger partial charge >= 0.3 is 5.88 Å². The van der Waals surface area contributed by atoms with Gasteiger partial charge in [0.25, 0.3) is 12.1 Å². The number of anilines is 2. The number of thioether (sulfide) groups is 1. The average Bonchev–Trinajstić information content (AvgIpc) is 3.30. The summed E-state index contributed by atoms with van der Waals surface area (Å²) in [7, 11) is 1.68. The number of nitrogens with zero attached hydrogens (tertiary/aromatic N) is 5. The minimum atomic E-state index is -0.300. The van der Waals surface area contributed by atoms with Crippen LogP contribution in [0.5, 0.6) is 0 Å². The number of amidine groups is 1. The quantitative estimate of drug-likeness (QED) is 0.499. The van der Waals surface area contributed by atoms with Crippen molar-refractivity contribution in [3.63, 3.8) is 0 Å². The SMILES string of the molecule is C[n+]1cc(NC(=O)CSC2=N/C(=C/c3ccncc3)C(=O)N2c2ccccc2)on1. The lowest BCUT2D eigenvalue weighted by atomic mass is 10.2. The molecule has 0 radical (unpaired) electrons. The molecule has 9 nitrogen and oxygen atoms in total. The number of benzene rings is 1. The van der Waals surface area contributed by atoms with E-state index >= 15 is 0 Å². The molecule has 3 heterocycles. The predicted octanol–water partition coefficient (Wildman–Crippen LogP) is 2.01. The van der Waals surface area contributed by atoms with E-state index in [2.05, 4.69) is 20.6 Å². The first-order valence-corrected chi connectivity index (χ1v) is 9.94. The number of carbonyl (C=O) groups is 2. The van der Waals surface area contributed by atoms with E-state index in [4.69, 9.17) is 4.52 Å². The summed E-state index contributed by atoms with van der Waals surface area (Å²) in [6.07, 6.45) is 6.54. The number of aromatic nitrogens is 3. The molecule has 0 atom stereocenters. The van der Waals surface area contributed by atoms with Gasteiger partial charge in [0.05, 0.1) is 11.4 Å². The first-order chi connectivity index (χ1) is 14.6. The third-order valence-corrected chi connectivity index (χ3v) is 4.96. The van der Waals surface area contributed by atoms with Crippen molar-refractivity contribution >= 4 is 46.4 Å². The molecule has 0 saturated heterocycles. The van der Waals surface area contributed by atoms with Crippen LogP contribution in [0.3, 0.4) is 0 Å². The summed E-state index contributed by atoms with van der Waals surface area (Å²) >= 11 is 1.16. The molecular weight excluding hydrogens is 404 g/mol. The smallest absolute Gasteiger partial charge is 0.288 e. The fraction of sp³-hybridized carbons (Fsp3) is 0.100. The van der Waals surface area contributed by atoms with Crippen molar-refractivity contribution in [1.82, 2.24) is 10.3 Å². The Bertz CT molecular complexity index is 1130. The summed E-state index contributed by atoms with van der Waals surface area (Å²) in [5, 5.41) is 6.69. The number of nitrogens with one attached hydrogen (secondary N) is 1. The van der Waals surface area contributed by atoms with E-state index in [0.29, 0.717) is 10.9 Å². The van der Waals surface area contributed by atoms with Crippen molar-refractivity contribution in [2.75, 3.05) is 16.0 Å². The van der Waals surface area contributed by atoms with Gasteiger partial charge in [-0.05, 0) is 35.9 Å². The molecule has 4 rings (SSSR count). The molecule has 3 aromatic rings. The van der Waals surface area contributed by atoms with Crippen LogP contribution in [0.1, 0.15) is 5.56 Å². The minimum absolute atomic E-state index is 0.0440. The summed E-state index contributed by atoms with van der Waals surface area (Å²) in [4.78, 5) is 35.3. The van der Waals surface area contributed by atoms with Gasteiger partial charge in [-0.3, -0.25) is 29.3 Å². The Balaban J connectivity index is 1.55. The summed E-state index contributed by atoms with van der Waals surface area (Å²) in [5.41, 5.74) is 1.78. The van der Waals surface area contributed by atoms with Gasteiger partial charge in [0.1, 0.15) is 5.70 Å². The highest BCUT2D eigenvalue weighted by molar-refractivity contribution is 8.14. The van der Waals surface area contributed by atoms with Gasteiger partial charge in [0.2, 0.25) is 5.91 Å². The van der Waals surface area contributed by atoms with Gasteiger partial charge in [-0.1, -0.05) is 34.6 Å². The highest BCUT2D eigenvalue weighted by Crippen LogP contribution is 2.29. The number of amides is 2. The largest absolute Gasteiger partial charge is 0.302 e. The third-order valence-electron chi connectivity index (χ3n) is 4.02. The molecule has 1 aromatic carbocycles. The molecular formula is C20H17N6O3S+. The topological polar surface area (TPSA) is 105 Å². The molecule has 1 aliphatic rings. The van der Waals surface area contributed by atoms with E-state index in [9.17, 15) is 9.59 Å². The average molecular weight is 421 g/mol. The second-order valence-electron chi connectivity index (χ2n) is 6.26. The lowest BCUT2D eigenvalue weighted by Gasteiger charge is -2.17. The molecule has 0 spiro atoms. The number of aryl methyl sites for hydroxylation is 1. The van der Waals surface area contributed by atoms with Crippen molar-refractivity contribution in [1.29, 1.82) is 0 Å². The van der Waals surface area contributed by atoms with Crippen LogP contribution in [0.25, 0.3) is 6.08 Å². The van der Waals surface area contributed by atoms with Crippen molar-refractivity contribution in [2.24, 2.45) is 12.0 Å². The fourth-order valence-electron chi connectivity index (χ4n) is 2.70. The van der Waals surface area contributed by atoms with E-state index in [1.807, 2.05) is 30.3 Å². The first kappa shape index (κ1) is 19.5. The highest BCUT2D eigenvalue weighted by Gasteiger charge is 2.32. The normalized spacial score (nSPS) is 14.8. The van der Waals surface area contributed by atoms with Crippen LogP contribution in [-0.2, 0) is 16.6 Å². The number of pyridine rings is 1. The van der Waals surface area contributed by atoms with E-state index < -0.39 is 0 Å². The van der Waals surface area contributed by atoms with Crippen LogP contribution in [0.4, 0.5) is 11.6 Å². The van der Waals surface area contributed by atoms with Gasteiger partial charge in [-0.15, -0.1) is 0 Å². The first-order valence-electron chi connectivity index (χ1n) is 8.95. The Morgan fingerprint density at radius 3 is 2.70 bits per heavy atom. The number of para-hydroxylation sites is 1. The minimum Gasteiger partial charge on any atom is -0.288 e. The van der Waals surface area contributed by atoms with Gasteiger partial charge < -0.3 is 0 Å². The molecule has 150 valence electrons. The van der Waals surface area contributed by atoms with Crippen molar-refractivity contribution in [3.8, 4) is 0 Å². The standard InChI is InChI=1S/C20H16N6O3S/c1-25-12-18(29-24-25)23-17(27)13-30-20-22-16(11-14-7-9-21-10-8-14)19(28)26(20)15-5-3-2-4-6-15/h2-12H,13H2,1H3/p+1/b16-11+. The van der Waals surface area contributed by atoms with Crippen molar-refractivity contribution in [2.45, 2.75) is 0 Å². The molecule has 0 aliphatic carbocycles. The fourth-order valence-corrected chi connectivity index (χ4v) is 3.51. The summed E-state index contributed by atoms with van der Waals surface area (Å²) < 4.78 is 6.40. The summed E-state index contributed by atoms with van der Waals surface area (Å²) in [5.74, 6) is -0.275. The van der Waals surface area contributed by atoms with Gasteiger partial charge in [0, 0.05) is 12.4 Å². The lowest BCUT2D eigenvalue weighted by Crippen LogP contribution is -2.31. The molecule has 0 unspecified atom stereocenters. The molecule has 0 fully saturated rings. The van der Waals surface area contributed by atoms with Crippen LogP contribution < -0.4 is 14.9 Å². The molecule has 2 amide bonds. The number of aliphatic imine (C=N–C) groups is 1. The Morgan fingerprint density at radius 2 is 2.00 bits per heavy atom. The monoisotopic (exact) mass is 421 g/mol. The maximum absolute atomic E-state index is 13.0. The molecule has 1 aliphatic heterocycles. The van der Waals surface area contributed by atoms with Gasteiger partial charge in [-0.25, -0.2) is 4.99 Å². The number of hydrogen-bond acceptors (Lipinski definition) is 7. The lowest BCUT2D eigenvalue weighted by molar-refractivity contribution is -0.739. The summed E-state index contributed by atoms with van der Waals surface area (Å²) in [6, 6.07) is 12.8. The van der Waals surface area contributed by atoms with Gasteiger partial charge in [-0.2, -0.15) is 0 Å². The maximum Gasteiger partial charge on any atom is 0.302 e. The Hall–Kier alpha value is -3.79. The molecule has 2 aromatic heterocycles. The molecule has 10 heteroatoms. The highest BCUT2D eigenvalue weighted by atomic mass is 32.2. The molecule has 30 heavy (non-hydrogen) atoms. The Labute approximate surface area is 176 Å². The van der Waals surface area contributed by atoms with Crippen molar-refractivity contribution < 1.29 is 18.8 Å². The second-order valence-corrected chi connectivity index (χ2v) is 7.20. The van der Waals surface area contributed by atoms with E-state index in [1.54, 1.807) is 43.8 Å². The van der Waals surface area contributed by atoms with E-state index in [0.717, 1.165) is 17.3 Å². The molecule has 0 saturated carbocycles. The number of carbonyl (C=O) groups excluding carboxylic acids is 2. The van der Waals surface area contributed by atoms with Crippen LogP contribution in [-0.4, -0.2) is 33.0 Å². The third kappa shape index (κ3) is 4.44. The maximum atomic E-state index is 13.0. The zero-order valence-corrected chi connectivity index (χ0v) is 16.7. The Kier molecular flexibility index (Phi) is 5.66. The van der Waals surface area contributed by atoms with E-state index in [-0.39, 0.29) is 29.1 Å². The van der Waals surface area contributed by atoms with Crippen molar-refractivity contribution in [3.05, 3.63) is 72.3 Å². The molecule has 1 N–H and O–H groups in total. The number of hydrogen-bond donors (Lipinski definition) is 1. The molecule has 0 bridgehead atoms. The zero-order valence-electron chi connectivity index (χ0n) is 15.9. The van der Waals surface area contributed by atoms with Crippen LogP contribution >= 0.6 is 11.8 Å².